The fourth-order valence-corrected chi connectivity index (χ4v) is 3.39. The Morgan fingerprint density at radius 3 is 2.80 bits per heavy atom. The van der Waals surface area contributed by atoms with Crippen molar-refractivity contribution in [3.05, 3.63) is 29.3 Å². The molecule has 20 heavy (non-hydrogen) atoms. The fraction of sp³-hybridized carbons (Fsp3) is 0.429. The van der Waals surface area contributed by atoms with Crippen LogP contribution in [0.25, 0.3) is 0 Å². The Bertz CT molecular complexity index is 601. The van der Waals surface area contributed by atoms with Crippen molar-refractivity contribution >= 4 is 21.8 Å². The summed E-state index contributed by atoms with van der Waals surface area (Å²) in [4.78, 5) is 0.242. The van der Waals surface area contributed by atoms with Crippen molar-refractivity contribution in [1.29, 1.82) is 0 Å². The predicted octanol–water partition coefficient (Wildman–Crippen LogP) is 1.37. The fourth-order valence-electron chi connectivity index (χ4n) is 1.61. The molecule has 0 unspecified atom stereocenters. The number of nitrogens with one attached hydrogen (secondary N) is 1. The topological polar surface area (TPSA) is 66.4 Å². The Morgan fingerprint density at radius 1 is 1.40 bits per heavy atom. The number of aliphatic hydroxyl groups is 1. The molecule has 0 saturated heterocycles. The van der Waals surface area contributed by atoms with Gasteiger partial charge in [0.25, 0.3) is 0 Å². The SMILES string of the molecule is CSCCCNS(=O)(=O)c1cc(C#CCO)ccc1C. The highest BCUT2D eigenvalue weighted by Crippen LogP contribution is 2.16. The van der Waals surface area contributed by atoms with E-state index in [0.717, 1.165) is 12.2 Å². The Balaban J connectivity index is 2.93. The van der Waals surface area contributed by atoms with Crippen molar-refractivity contribution in [2.24, 2.45) is 0 Å². The van der Waals surface area contributed by atoms with Crippen LogP contribution >= 0.6 is 11.8 Å². The number of hydrogen-bond donors (Lipinski definition) is 2. The van der Waals surface area contributed by atoms with Crippen molar-refractivity contribution in [2.45, 2.75) is 18.2 Å². The van der Waals surface area contributed by atoms with Gasteiger partial charge in [-0.05, 0) is 43.0 Å². The number of thioether (sulfide) groups is 1. The number of benzene rings is 1. The normalized spacial score (nSPS) is 10.9. The second kappa shape index (κ2) is 8.32. The van der Waals surface area contributed by atoms with Gasteiger partial charge in [-0.1, -0.05) is 17.9 Å². The van der Waals surface area contributed by atoms with E-state index in [0.29, 0.717) is 17.7 Å². The van der Waals surface area contributed by atoms with Gasteiger partial charge in [-0.2, -0.15) is 11.8 Å². The third-order valence-electron chi connectivity index (χ3n) is 2.61. The molecular formula is C14H19NO3S2. The smallest absolute Gasteiger partial charge is 0.240 e. The van der Waals surface area contributed by atoms with Gasteiger partial charge >= 0.3 is 0 Å². The number of rotatable bonds is 6. The van der Waals surface area contributed by atoms with Gasteiger partial charge in [-0.3, -0.25) is 0 Å². The molecule has 0 aliphatic heterocycles. The quantitative estimate of drug-likeness (QED) is 0.615. The van der Waals surface area contributed by atoms with Crippen molar-refractivity contribution in [3.63, 3.8) is 0 Å². The minimum Gasteiger partial charge on any atom is -0.384 e. The summed E-state index contributed by atoms with van der Waals surface area (Å²) in [6, 6.07) is 5.00. The number of aryl methyl sites for hydroxylation is 1. The van der Waals surface area contributed by atoms with E-state index < -0.39 is 10.0 Å². The molecule has 6 heteroatoms. The van der Waals surface area contributed by atoms with Gasteiger partial charge in [0, 0.05) is 12.1 Å². The van der Waals surface area contributed by atoms with Crippen molar-refractivity contribution in [1.82, 2.24) is 4.72 Å². The highest BCUT2D eigenvalue weighted by Gasteiger charge is 2.16. The molecule has 1 aromatic carbocycles. The van der Waals surface area contributed by atoms with Crippen LogP contribution in [-0.4, -0.2) is 38.7 Å². The van der Waals surface area contributed by atoms with Crippen molar-refractivity contribution in [3.8, 4) is 11.8 Å². The molecule has 1 aromatic rings. The number of aliphatic hydroxyl groups excluding tert-OH is 1. The molecule has 0 amide bonds. The van der Waals surface area contributed by atoms with Gasteiger partial charge in [0.05, 0.1) is 4.90 Å². The molecule has 0 fully saturated rings. The van der Waals surface area contributed by atoms with Crippen molar-refractivity contribution in [2.75, 3.05) is 25.2 Å². The van der Waals surface area contributed by atoms with Gasteiger partial charge in [-0.15, -0.1) is 0 Å². The third-order valence-corrected chi connectivity index (χ3v) is 4.91. The third kappa shape index (κ3) is 5.17. The lowest BCUT2D eigenvalue weighted by atomic mass is 10.1. The second-order valence-electron chi connectivity index (χ2n) is 4.18. The van der Waals surface area contributed by atoms with Gasteiger partial charge in [-0.25, -0.2) is 13.1 Å². The van der Waals surface area contributed by atoms with Crippen LogP contribution < -0.4 is 4.72 Å². The minimum atomic E-state index is -3.51. The van der Waals surface area contributed by atoms with E-state index in [-0.39, 0.29) is 11.5 Å². The highest BCUT2D eigenvalue weighted by molar-refractivity contribution is 7.98. The van der Waals surface area contributed by atoms with Gasteiger partial charge in [0.2, 0.25) is 10.0 Å². The second-order valence-corrected chi connectivity index (χ2v) is 6.91. The van der Waals surface area contributed by atoms with E-state index in [2.05, 4.69) is 16.6 Å². The van der Waals surface area contributed by atoms with Crippen LogP contribution in [0, 0.1) is 18.8 Å². The maximum atomic E-state index is 12.2. The minimum absolute atomic E-state index is 0.242. The van der Waals surface area contributed by atoms with Crippen molar-refractivity contribution < 1.29 is 13.5 Å². The van der Waals surface area contributed by atoms with Crippen LogP contribution in [0.2, 0.25) is 0 Å². The predicted molar refractivity (Wildman–Crippen MR) is 83.3 cm³/mol. The Labute approximate surface area is 125 Å². The summed E-state index contributed by atoms with van der Waals surface area (Å²) in [7, 11) is -3.51. The largest absolute Gasteiger partial charge is 0.384 e. The Morgan fingerprint density at radius 2 is 2.15 bits per heavy atom. The lowest BCUT2D eigenvalue weighted by Crippen LogP contribution is -2.25. The molecule has 2 N–H and O–H groups in total. The highest BCUT2D eigenvalue weighted by atomic mass is 32.2. The van der Waals surface area contributed by atoms with E-state index >= 15 is 0 Å². The van der Waals surface area contributed by atoms with Crippen LogP contribution in [-0.2, 0) is 10.0 Å². The maximum Gasteiger partial charge on any atom is 0.240 e. The molecule has 0 aromatic heterocycles. The van der Waals surface area contributed by atoms with E-state index in [9.17, 15) is 8.42 Å². The zero-order valence-corrected chi connectivity index (χ0v) is 13.3. The monoisotopic (exact) mass is 313 g/mol. The summed E-state index contributed by atoms with van der Waals surface area (Å²) < 4.78 is 27.0. The molecule has 1 rings (SSSR count). The maximum absolute atomic E-state index is 12.2. The van der Waals surface area contributed by atoms with Crippen LogP contribution in [0.3, 0.4) is 0 Å². The molecule has 0 saturated carbocycles. The van der Waals surface area contributed by atoms with Crippen LogP contribution in [0.5, 0.6) is 0 Å². The van der Waals surface area contributed by atoms with Crippen LogP contribution in [0.1, 0.15) is 17.5 Å². The molecular weight excluding hydrogens is 294 g/mol. The first kappa shape index (κ1) is 17.1. The first-order valence-electron chi connectivity index (χ1n) is 6.20. The summed E-state index contributed by atoms with van der Waals surface area (Å²) in [5, 5.41) is 8.67. The van der Waals surface area contributed by atoms with Gasteiger partial charge in [0.1, 0.15) is 6.61 Å². The molecule has 110 valence electrons. The molecule has 0 aliphatic rings. The molecule has 0 aliphatic carbocycles. The summed E-state index contributed by atoms with van der Waals surface area (Å²) in [6.45, 7) is 1.93. The molecule has 0 radical (unpaired) electrons. The summed E-state index contributed by atoms with van der Waals surface area (Å²) in [5.41, 5.74) is 1.26. The number of sulfonamides is 1. The number of hydrogen-bond acceptors (Lipinski definition) is 4. The summed E-state index contributed by atoms with van der Waals surface area (Å²) in [6.07, 6.45) is 2.78. The van der Waals surface area contributed by atoms with Crippen LogP contribution in [0.4, 0.5) is 0 Å². The Hall–Kier alpha value is -1.00. The van der Waals surface area contributed by atoms with Gasteiger partial charge < -0.3 is 5.11 Å². The molecule has 0 spiro atoms. The van der Waals surface area contributed by atoms with E-state index in [4.69, 9.17) is 5.11 Å². The Kier molecular flexibility index (Phi) is 7.10. The summed E-state index contributed by atoms with van der Waals surface area (Å²) >= 11 is 1.69. The molecule has 0 bridgehead atoms. The lowest BCUT2D eigenvalue weighted by molar-refractivity contribution is 0.350. The summed E-state index contributed by atoms with van der Waals surface area (Å²) in [5.74, 6) is 6.15. The van der Waals surface area contributed by atoms with Crippen LogP contribution in [0.15, 0.2) is 23.1 Å². The van der Waals surface area contributed by atoms with E-state index in [1.54, 1.807) is 30.8 Å². The first-order chi connectivity index (χ1) is 9.51. The molecule has 0 atom stereocenters. The first-order valence-corrected chi connectivity index (χ1v) is 9.08. The lowest BCUT2D eigenvalue weighted by Gasteiger charge is -2.09. The van der Waals surface area contributed by atoms with Gasteiger partial charge in [0.15, 0.2) is 0 Å². The zero-order chi connectivity index (χ0) is 15.0. The zero-order valence-electron chi connectivity index (χ0n) is 11.6. The van der Waals surface area contributed by atoms with E-state index in [1.165, 1.54) is 6.07 Å². The molecule has 4 nitrogen and oxygen atoms in total. The molecule has 0 heterocycles. The average Bonchev–Trinajstić information content (AvgIpc) is 2.42. The standard InChI is InChI=1S/C14H19NO3S2/c1-12-6-7-13(5-3-9-16)11-14(12)20(17,18)15-8-4-10-19-2/h6-7,11,15-16H,4,8-10H2,1-2H3. The van der Waals surface area contributed by atoms with E-state index in [1.807, 2.05) is 6.26 Å². The average molecular weight is 313 g/mol.